The second kappa shape index (κ2) is 6.15. The summed E-state index contributed by atoms with van der Waals surface area (Å²) in [6.07, 6.45) is 2.19. The summed E-state index contributed by atoms with van der Waals surface area (Å²) in [5.41, 5.74) is 2.83. The van der Waals surface area contributed by atoms with Crippen LogP contribution < -0.4 is 10.6 Å². The van der Waals surface area contributed by atoms with Crippen LogP contribution in [0.15, 0.2) is 5.51 Å². The van der Waals surface area contributed by atoms with Gasteiger partial charge in [0.25, 0.3) is 0 Å². The minimum absolute atomic E-state index is 0.00324. The van der Waals surface area contributed by atoms with Gasteiger partial charge in [0, 0.05) is 24.5 Å². The molecule has 0 saturated carbocycles. The zero-order valence-electron chi connectivity index (χ0n) is 10.9. The quantitative estimate of drug-likeness (QED) is 0.870. The molecule has 18 heavy (non-hydrogen) atoms. The number of amides is 2. The van der Waals surface area contributed by atoms with Crippen molar-refractivity contribution < 1.29 is 4.79 Å². The van der Waals surface area contributed by atoms with E-state index in [1.54, 1.807) is 16.2 Å². The number of hydrogen-bond donors (Lipinski definition) is 2. The first-order chi connectivity index (χ1) is 8.66. The van der Waals surface area contributed by atoms with E-state index in [1.165, 1.54) is 0 Å². The van der Waals surface area contributed by atoms with Crippen molar-refractivity contribution in [1.29, 1.82) is 0 Å². The molecule has 1 aliphatic rings. The molecule has 1 aliphatic heterocycles. The minimum atomic E-state index is -0.00324. The summed E-state index contributed by atoms with van der Waals surface area (Å²) >= 11 is 1.60. The molecule has 5 nitrogen and oxygen atoms in total. The molecule has 1 aromatic heterocycles. The maximum Gasteiger partial charge on any atom is 0.317 e. The molecule has 1 atom stereocenters. The first-order valence-corrected chi connectivity index (χ1v) is 7.16. The third-order valence-corrected chi connectivity index (χ3v) is 4.12. The number of piperidine rings is 1. The first kappa shape index (κ1) is 13.3. The van der Waals surface area contributed by atoms with Crippen LogP contribution in [0, 0.1) is 6.92 Å². The Balaban J connectivity index is 1.83. The van der Waals surface area contributed by atoms with Crippen LogP contribution in [0.5, 0.6) is 0 Å². The lowest BCUT2D eigenvalue weighted by Crippen LogP contribution is -2.49. The summed E-state index contributed by atoms with van der Waals surface area (Å²) in [6.45, 7) is 4.53. The van der Waals surface area contributed by atoms with E-state index in [0.29, 0.717) is 6.54 Å². The number of hydrogen-bond acceptors (Lipinski definition) is 4. The van der Waals surface area contributed by atoms with Gasteiger partial charge in [0.15, 0.2) is 0 Å². The highest BCUT2D eigenvalue weighted by atomic mass is 32.1. The van der Waals surface area contributed by atoms with Gasteiger partial charge in [-0.25, -0.2) is 9.78 Å². The number of rotatable bonds is 3. The lowest BCUT2D eigenvalue weighted by Gasteiger charge is -2.26. The Bertz CT molecular complexity index is 401. The molecule has 6 heteroatoms. The lowest BCUT2D eigenvalue weighted by atomic mass is 10.1. The largest absolute Gasteiger partial charge is 0.334 e. The molecule has 0 aromatic carbocycles. The summed E-state index contributed by atoms with van der Waals surface area (Å²) in [5.74, 6) is 0. The summed E-state index contributed by atoms with van der Waals surface area (Å²) in [6, 6.07) is 0.257. The Morgan fingerprint density at radius 2 is 2.56 bits per heavy atom. The van der Waals surface area contributed by atoms with Crippen LogP contribution in [0.2, 0.25) is 0 Å². The standard InChI is InChI=1S/C12H20N4OS/c1-9-11(18-8-14-9)7-16(2)12(17)15-10-4-3-5-13-6-10/h8,10,13H,3-7H2,1-2H3,(H,15,17)/t10-/m0/s1. The zero-order valence-corrected chi connectivity index (χ0v) is 11.7. The Hall–Kier alpha value is -1.14. The van der Waals surface area contributed by atoms with Crippen molar-refractivity contribution in [2.75, 3.05) is 20.1 Å². The number of urea groups is 1. The lowest BCUT2D eigenvalue weighted by molar-refractivity contribution is 0.200. The molecule has 0 aliphatic carbocycles. The predicted molar refractivity (Wildman–Crippen MR) is 72.7 cm³/mol. The van der Waals surface area contributed by atoms with Crippen LogP contribution in [-0.2, 0) is 6.54 Å². The fraction of sp³-hybridized carbons (Fsp3) is 0.667. The molecular formula is C12H20N4OS. The molecule has 2 rings (SSSR count). The summed E-state index contributed by atoms with van der Waals surface area (Å²) in [4.78, 5) is 19.1. The molecule has 2 heterocycles. The Labute approximate surface area is 112 Å². The summed E-state index contributed by atoms with van der Waals surface area (Å²) in [7, 11) is 1.82. The second-order valence-electron chi connectivity index (χ2n) is 4.71. The van der Waals surface area contributed by atoms with Gasteiger partial charge in [-0.3, -0.25) is 0 Å². The summed E-state index contributed by atoms with van der Waals surface area (Å²) in [5, 5.41) is 6.35. The fourth-order valence-electron chi connectivity index (χ4n) is 2.03. The predicted octanol–water partition coefficient (Wildman–Crippen LogP) is 1.34. The van der Waals surface area contributed by atoms with Crippen LogP contribution in [0.3, 0.4) is 0 Å². The van der Waals surface area contributed by atoms with Gasteiger partial charge in [0.2, 0.25) is 0 Å². The molecule has 2 N–H and O–H groups in total. The Kier molecular flexibility index (Phi) is 4.54. The highest BCUT2D eigenvalue weighted by Gasteiger charge is 2.18. The van der Waals surface area contributed by atoms with Crippen molar-refractivity contribution in [2.24, 2.45) is 0 Å². The molecule has 1 aromatic rings. The van der Waals surface area contributed by atoms with E-state index < -0.39 is 0 Å². The van der Waals surface area contributed by atoms with Crippen molar-refractivity contribution in [3.05, 3.63) is 16.1 Å². The molecule has 0 bridgehead atoms. The van der Waals surface area contributed by atoms with Crippen molar-refractivity contribution in [3.8, 4) is 0 Å². The van der Waals surface area contributed by atoms with Crippen LogP contribution >= 0.6 is 11.3 Å². The van der Waals surface area contributed by atoms with Crippen LogP contribution in [0.4, 0.5) is 4.79 Å². The van der Waals surface area contributed by atoms with Gasteiger partial charge >= 0.3 is 6.03 Å². The summed E-state index contributed by atoms with van der Waals surface area (Å²) < 4.78 is 0. The first-order valence-electron chi connectivity index (χ1n) is 6.28. The molecule has 0 radical (unpaired) electrons. The normalized spacial score (nSPS) is 19.6. The molecule has 2 amide bonds. The highest BCUT2D eigenvalue weighted by molar-refractivity contribution is 7.09. The average Bonchev–Trinajstić information content (AvgIpc) is 2.76. The van der Waals surface area contributed by atoms with Gasteiger partial charge in [-0.05, 0) is 26.3 Å². The topological polar surface area (TPSA) is 57.3 Å². The SMILES string of the molecule is Cc1ncsc1CN(C)C(=O)N[C@H]1CCCNC1. The van der Waals surface area contributed by atoms with Crippen LogP contribution in [0.25, 0.3) is 0 Å². The fourth-order valence-corrected chi connectivity index (χ4v) is 2.85. The van der Waals surface area contributed by atoms with E-state index >= 15 is 0 Å². The van der Waals surface area contributed by atoms with Crippen molar-refractivity contribution >= 4 is 17.4 Å². The van der Waals surface area contributed by atoms with Crippen molar-refractivity contribution in [2.45, 2.75) is 32.4 Å². The molecule has 0 spiro atoms. The average molecular weight is 268 g/mol. The van der Waals surface area contributed by atoms with Crippen molar-refractivity contribution in [3.63, 3.8) is 0 Å². The number of carbonyl (C=O) groups excluding carboxylic acids is 1. The molecule has 1 fully saturated rings. The third kappa shape index (κ3) is 3.43. The highest BCUT2D eigenvalue weighted by Crippen LogP contribution is 2.14. The van der Waals surface area contributed by atoms with Gasteiger partial charge < -0.3 is 15.5 Å². The number of aromatic nitrogens is 1. The van der Waals surface area contributed by atoms with E-state index in [-0.39, 0.29) is 12.1 Å². The molecule has 0 unspecified atom stereocenters. The second-order valence-corrected chi connectivity index (χ2v) is 5.65. The number of aryl methyl sites for hydroxylation is 1. The monoisotopic (exact) mass is 268 g/mol. The Morgan fingerprint density at radius 1 is 1.72 bits per heavy atom. The third-order valence-electron chi connectivity index (χ3n) is 3.20. The maximum absolute atomic E-state index is 12.0. The van der Waals surface area contributed by atoms with Gasteiger partial charge in [-0.1, -0.05) is 0 Å². The van der Waals surface area contributed by atoms with E-state index in [0.717, 1.165) is 36.5 Å². The molecule has 1 saturated heterocycles. The maximum atomic E-state index is 12.0. The number of carbonyl (C=O) groups is 1. The Morgan fingerprint density at radius 3 is 3.17 bits per heavy atom. The van der Waals surface area contributed by atoms with E-state index in [2.05, 4.69) is 15.6 Å². The van der Waals surface area contributed by atoms with Crippen molar-refractivity contribution in [1.82, 2.24) is 20.5 Å². The van der Waals surface area contributed by atoms with Crippen LogP contribution in [0.1, 0.15) is 23.4 Å². The van der Waals surface area contributed by atoms with Gasteiger partial charge in [-0.2, -0.15) is 0 Å². The molecule has 100 valence electrons. The van der Waals surface area contributed by atoms with E-state index in [9.17, 15) is 4.79 Å². The van der Waals surface area contributed by atoms with Crippen LogP contribution in [-0.4, -0.2) is 42.1 Å². The zero-order chi connectivity index (χ0) is 13.0. The van der Waals surface area contributed by atoms with Gasteiger partial charge in [-0.15, -0.1) is 11.3 Å². The molecular weight excluding hydrogens is 248 g/mol. The smallest absolute Gasteiger partial charge is 0.317 e. The number of thiazole rings is 1. The number of nitrogens with zero attached hydrogens (tertiary/aromatic N) is 2. The number of nitrogens with one attached hydrogen (secondary N) is 2. The van der Waals surface area contributed by atoms with Gasteiger partial charge in [0.05, 0.1) is 17.7 Å². The van der Waals surface area contributed by atoms with Gasteiger partial charge in [0.1, 0.15) is 0 Å². The minimum Gasteiger partial charge on any atom is -0.334 e. The van der Waals surface area contributed by atoms with E-state index in [1.807, 2.05) is 19.5 Å². The van der Waals surface area contributed by atoms with E-state index in [4.69, 9.17) is 0 Å².